The number of imidazole rings is 1. The van der Waals surface area contributed by atoms with Crippen LogP contribution in [0.5, 0.6) is 0 Å². The molecule has 2 aromatic carbocycles. The molecule has 0 spiro atoms. The Morgan fingerprint density at radius 1 is 1.12 bits per heavy atom. The van der Waals surface area contributed by atoms with Gasteiger partial charge in [-0.25, -0.2) is 9.13 Å². The number of para-hydroxylation sites is 2. The van der Waals surface area contributed by atoms with Crippen LogP contribution in [0, 0.1) is 0 Å². The van der Waals surface area contributed by atoms with Crippen molar-refractivity contribution in [2.75, 3.05) is 0 Å². The van der Waals surface area contributed by atoms with Crippen molar-refractivity contribution in [3.05, 3.63) is 64.4 Å². The van der Waals surface area contributed by atoms with Crippen LogP contribution in [0.3, 0.4) is 0 Å². The number of aromatic nitrogens is 2. The molecular formula is C19H19Cl2N2O+. The summed E-state index contributed by atoms with van der Waals surface area (Å²) in [4.78, 5) is 12.6. The molecule has 0 saturated heterocycles. The molecule has 3 aromatic rings. The number of benzene rings is 2. The van der Waals surface area contributed by atoms with Crippen molar-refractivity contribution in [1.82, 2.24) is 4.57 Å². The molecule has 0 radical (unpaired) electrons. The maximum Gasteiger partial charge on any atom is 0.245 e. The van der Waals surface area contributed by atoms with Gasteiger partial charge in [0, 0.05) is 5.56 Å². The Morgan fingerprint density at radius 2 is 1.92 bits per heavy atom. The predicted molar refractivity (Wildman–Crippen MR) is 97.8 cm³/mol. The summed E-state index contributed by atoms with van der Waals surface area (Å²) in [5, 5.41) is 0.856. The van der Waals surface area contributed by atoms with E-state index in [1.165, 1.54) is 0 Å². The van der Waals surface area contributed by atoms with Crippen LogP contribution in [0.1, 0.15) is 30.1 Å². The van der Waals surface area contributed by atoms with E-state index < -0.39 is 0 Å². The first-order valence-corrected chi connectivity index (χ1v) is 8.81. The lowest BCUT2D eigenvalue weighted by molar-refractivity contribution is -0.658. The molecule has 0 aliphatic heterocycles. The Labute approximate surface area is 151 Å². The Kier molecular flexibility index (Phi) is 5.22. The van der Waals surface area contributed by atoms with E-state index in [9.17, 15) is 4.79 Å². The van der Waals surface area contributed by atoms with Crippen molar-refractivity contribution in [2.24, 2.45) is 0 Å². The maximum absolute atomic E-state index is 12.6. The molecule has 0 N–H and O–H groups in total. The molecule has 3 rings (SSSR count). The summed E-state index contributed by atoms with van der Waals surface area (Å²) in [6.45, 7) is 3.40. The number of fused-ring (bicyclic) bond motifs is 1. The van der Waals surface area contributed by atoms with Crippen molar-refractivity contribution in [1.29, 1.82) is 0 Å². The summed E-state index contributed by atoms with van der Waals surface area (Å²) in [5.41, 5.74) is 2.78. The average Bonchev–Trinajstić information content (AvgIpc) is 2.93. The molecule has 0 aliphatic carbocycles. The van der Waals surface area contributed by atoms with Crippen LogP contribution < -0.4 is 4.57 Å². The zero-order chi connectivity index (χ0) is 17.1. The molecule has 1 heterocycles. The Balaban J connectivity index is 1.91. The standard InChI is InChI=1S/C19H19Cl2N2O/c1-2-3-10-22-13-23(18-7-5-4-6-17(18)22)12-19(24)14-8-9-15(20)16(21)11-14/h4-9,11,13H,2-3,10,12H2,1H3/q+1. The summed E-state index contributed by atoms with van der Waals surface area (Å²) in [6.07, 6.45) is 4.27. The van der Waals surface area contributed by atoms with Crippen LogP contribution in [-0.2, 0) is 13.1 Å². The molecule has 0 atom stereocenters. The number of rotatable bonds is 6. The summed E-state index contributed by atoms with van der Waals surface area (Å²) in [5.74, 6) is 0.0111. The summed E-state index contributed by atoms with van der Waals surface area (Å²) < 4.78 is 4.21. The third kappa shape index (κ3) is 3.47. The highest BCUT2D eigenvalue weighted by molar-refractivity contribution is 6.42. The Hall–Kier alpha value is -1.84. The highest BCUT2D eigenvalue weighted by atomic mass is 35.5. The number of Topliss-reactive ketones (excluding diaryl/α,β-unsaturated/α-hetero) is 1. The molecule has 5 heteroatoms. The van der Waals surface area contributed by atoms with Gasteiger partial charge in [0.15, 0.2) is 17.6 Å². The van der Waals surface area contributed by atoms with E-state index in [2.05, 4.69) is 17.6 Å². The van der Waals surface area contributed by atoms with Gasteiger partial charge in [-0.15, -0.1) is 0 Å². The van der Waals surface area contributed by atoms with E-state index in [-0.39, 0.29) is 12.3 Å². The van der Waals surface area contributed by atoms with Crippen molar-refractivity contribution >= 4 is 40.0 Å². The van der Waals surface area contributed by atoms with Gasteiger partial charge in [-0.2, -0.15) is 0 Å². The third-order valence-corrected chi connectivity index (χ3v) is 4.83. The monoisotopic (exact) mass is 361 g/mol. The minimum atomic E-state index is 0.0111. The van der Waals surface area contributed by atoms with E-state index >= 15 is 0 Å². The molecule has 0 unspecified atom stereocenters. The highest BCUT2D eigenvalue weighted by Crippen LogP contribution is 2.23. The van der Waals surface area contributed by atoms with Gasteiger partial charge in [-0.05, 0) is 36.8 Å². The zero-order valence-corrected chi connectivity index (χ0v) is 15.0. The van der Waals surface area contributed by atoms with Crippen LogP contribution in [0.15, 0.2) is 48.8 Å². The molecule has 1 aromatic heterocycles. The van der Waals surface area contributed by atoms with Crippen LogP contribution in [0.25, 0.3) is 11.0 Å². The zero-order valence-electron chi connectivity index (χ0n) is 13.5. The first kappa shape index (κ1) is 17.0. The van der Waals surface area contributed by atoms with Gasteiger partial charge in [0.1, 0.15) is 0 Å². The topological polar surface area (TPSA) is 25.9 Å². The molecule has 0 saturated carbocycles. The highest BCUT2D eigenvalue weighted by Gasteiger charge is 2.18. The fraction of sp³-hybridized carbons (Fsp3) is 0.263. The fourth-order valence-corrected chi connectivity index (χ4v) is 3.09. The molecule has 3 nitrogen and oxygen atoms in total. The number of carbonyl (C=O) groups is 1. The van der Waals surface area contributed by atoms with Gasteiger partial charge < -0.3 is 0 Å². The molecule has 124 valence electrons. The molecule has 24 heavy (non-hydrogen) atoms. The fourth-order valence-electron chi connectivity index (χ4n) is 2.79. The number of nitrogens with zero attached hydrogens (tertiary/aromatic N) is 2. The molecule has 0 fully saturated rings. The van der Waals surface area contributed by atoms with E-state index in [1.807, 2.05) is 29.1 Å². The molecular weight excluding hydrogens is 343 g/mol. The lowest BCUT2D eigenvalue weighted by atomic mass is 10.1. The van der Waals surface area contributed by atoms with Gasteiger partial charge in [-0.1, -0.05) is 48.7 Å². The number of aryl methyl sites for hydroxylation is 1. The number of carbonyl (C=O) groups excluding carboxylic acids is 1. The second-order valence-electron chi connectivity index (χ2n) is 5.83. The minimum Gasteiger partial charge on any atom is -0.290 e. The first-order chi connectivity index (χ1) is 11.6. The smallest absolute Gasteiger partial charge is 0.245 e. The van der Waals surface area contributed by atoms with E-state index in [0.29, 0.717) is 15.6 Å². The van der Waals surface area contributed by atoms with Crippen LogP contribution >= 0.6 is 23.2 Å². The van der Waals surface area contributed by atoms with E-state index in [4.69, 9.17) is 23.2 Å². The summed E-state index contributed by atoms with van der Waals surface area (Å²) in [6, 6.07) is 13.1. The quantitative estimate of drug-likeness (QED) is 0.452. The van der Waals surface area contributed by atoms with Gasteiger partial charge in [0.05, 0.1) is 16.6 Å². The van der Waals surface area contributed by atoms with Crippen molar-refractivity contribution in [2.45, 2.75) is 32.9 Å². The lowest BCUT2D eigenvalue weighted by Crippen LogP contribution is -2.36. The normalized spacial score (nSPS) is 11.1. The maximum atomic E-state index is 12.6. The summed E-state index contributed by atoms with van der Waals surface area (Å²) >= 11 is 11.9. The second-order valence-corrected chi connectivity index (χ2v) is 6.65. The average molecular weight is 362 g/mol. The van der Waals surface area contributed by atoms with Gasteiger partial charge in [0.25, 0.3) is 0 Å². The number of hydrogen-bond acceptors (Lipinski definition) is 1. The van der Waals surface area contributed by atoms with E-state index in [0.717, 1.165) is 30.4 Å². The van der Waals surface area contributed by atoms with Gasteiger partial charge in [0.2, 0.25) is 12.1 Å². The Morgan fingerprint density at radius 3 is 2.67 bits per heavy atom. The first-order valence-electron chi connectivity index (χ1n) is 8.05. The van der Waals surface area contributed by atoms with Crippen LogP contribution in [0.2, 0.25) is 10.0 Å². The van der Waals surface area contributed by atoms with E-state index in [1.54, 1.807) is 18.2 Å². The molecule has 0 aliphatic rings. The van der Waals surface area contributed by atoms with Crippen molar-refractivity contribution in [3.63, 3.8) is 0 Å². The largest absolute Gasteiger partial charge is 0.290 e. The predicted octanol–water partition coefficient (Wildman–Crippen LogP) is 4.92. The number of halogens is 2. The SMILES string of the molecule is CCCCn1c[n+](CC(=O)c2ccc(Cl)c(Cl)c2)c2ccccc21. The third-order valence-electron chi connectivity index (χ3n) is 4.09. The van der Waals surface area contributed by atoms with Gasteiger partial charge in [-0.3, -0.25) is 4.79 Å². The number of unbranched alkanes of at least 4 members (excludes halogenated alkanes) is 1. The minimum absolute atomic E-state index is 0.0111. The second kappa shape index (κ2) is 7.37. The van der Waals surface area contributed by atoms with Crippen molar-refractivity contribution in [3.8, 4) is 0 Å². The number of ketones is 1. The molecule has 0 bridgehead atoms. The molecule has 0 amide bonds. The van der Waals surface area contributed by atoms with Crippen LogP contribution in [0.4, 0.5) is 0 Å². The van der Waals surface area contributed by atoms with Crippen LogP contribution in [-0.4, -0.2) is 10.4 Å². The van der Waals surface area contributed by atoms with Crippen molar-refractivity contribution < 1.29 is 9.36 Å². The van der Waals surface area contributed by atoms with Gasteiger partial charge >= 0.3 is 0 Å². The summed E-state index contributed by atoms with van der Waals surface area (Å²) in [7, 11) is 0. The Bertz CT molecular complexity index is 886. The lowest BCUT2D eigenvalue weighted by Gasteiger charge is -2.01. The number of hydrogen-bond donors (Lipinski definition) is 0.